The van der Waals surface area contributed by atoms with Gasteiger partial charge in [0.05, 0.1) is 42.6 Å². The number of ether oxygens (including phenoxy) is 2. The van der Waals surface area contributed by atoms with E-state index in [9.17, 15) is 24.3 Å². The second kappa shape index (κ2) is 11.4. The number of carbonyl (C=O) groups is 4. The maximum Gasteiger partial charge on any atom is 0.335 e. The zero-order valence-electron chi connectivity index (χ0n) is 20.0. The van der Waals surface area contributed by atoms with Gasteiger partial charge < -0.3 is 19.5 Å². The van der Waals surface area contributed by atoms with E-state index >= 15 is 0 Å². The predicted octanol–water partition coefficient (Wildman–Crippen LogP) is 1.76. The number of rotatable bonds is 9. The fourth-order valence-corrected chi connectivity index (χ4v) is 4.32. The first-order valence-corrected chi connectivity index (χ1v) is 11.6. The number of amides is 2. The molecule has 0 unspecified atom stereocenters. The van der Waals surface area contributed by atoms with Gasteiger partial charge in [0, 0.05) is 13.2 Å². The first-order chi connectivity index (χ1) is 16.2. The number of carboxylic acid groups (broad SMARTS) is 1. The Bertz CT molecular complexity index is 925. The van der Waals surface area contributed by atoms with Crippen molar-refractivity contribution in [1.29, 1.82) is 0 Å². The molecule has 1 fully saturated rings. The highest BCUT2D eigenvalue weighted by Crippen LogP contribution is 2.35. The summed E-state index contributed by atoms with van der Waals surface area (Å²) in [7, 11) is 1.37. The Morgan fingerprint density at radius 1 is 1.15 bits per heavy atom. The quantitative estimate of drug-likeness (QED) is 0.424. The number of esters is 1. The van der Waals surface area contributed by atoms with Crippen molar-refractivity contribution in [2.45, 2.75) is 39.2 Å². The molecule has 2 heterocycles. The van der Waals surface area contributed by atoms with Gasteiger partial charge in [-0.15, -0.1) is 0 Å². The van der Waals surface area contributed by atoms with Crippen LogP contribution in [-0.2, 0) is 23.9 Å². The molecular weight excluding hydrogens is 442 g/mol. The summed E-state index contributed by atoms with van der Waals surface area (Å²) in [4.78, 5) is 54.4. The van der Waals surface area contributed by atoms with E-state index in [4.69, 9.17) is 9.47 Å². The molecule has 0 aromatic heterocycles. The molecule has 186 valence electrons. The van der Waals surface area contributed by atoms with Crippen LogP contribution in [0.5, 0.6) is 0 Å². The van der Waals surface area contributed by atoms with Gasteiger partial charge in [0.1, 0.15) is 6.54 Å². The third-order valence-corrected chi connectivity index (χ3v) is 6.16. The van der Waals surface area contributed by atoms with E-state index in [1.54, 1.807) is 11.0 Å². The Labute approximate surface area is 199 Å². The topological polar surface area (TPSA) is 117 Å². The van der Waals surface area contributed by atoms with Crippen molar-refractivity contribution in [2.75, 3.05) is 56.2 Å². The van der Waals surface area contributed by atoms with Crippen molar-refractivity contribution in [2.24, 2.45) is 5.92 Å². The van der Waals surface area contributed by atoms with Crippen LogP contribution in [0.15, 0.2) is 18.2 Å². The second-order valence-electron chi connectivity index (χ2n) is 8.88. The molecule has 1 N–H and O–H groups in total. The van der Waals surface area contributed by atoms with E-state index in [1.165, 1.54) is 24.1 Å². The predicted molar refractivity (Wildman–Crippen MR) is 125 cm³/mol. The molecule has 34 heavy (non-hydrogen) atoms. The lowest BCUT2D eigenvalue weighted by Crippen LogP contribution is -2.52. The standard InChI is InChI=1S/C24H33N3O7/c1-16(2)34-12-4-9-26-19-6-5-18(23(30)31)13-20(19)27(15-22(26)29)21(28)14-25-10-7-17(8-11-25)24(32)33-3/h5-6,13,16-17H,4,7-12,14-15H2,1-3H3,(H,30,31). The van der Waals surface area contributed by atoms with Gasteiger partial charge in [0.25, 0.3) is 0 Å². The fourth-order valence-electron chi connectivity index (χ4n) is 4.32. The number of anilines is 2. The third-order valence-electron chi connectivity index (χ3n) is 6.16. The lowest BCUT2D eigenvalue weighted by Gasteiger charge is -2.38. The lowest BCUT2D eigenvalue weighted by molar-refractivity contribution is -0.147. The Kier molecular flexibility index (Phi) is 8.62. The normalized spacial score (nSPS) is 17.1. The van der Waals surface area contributed by atoms with E-state index in [2.05, 4.69) is 0 Å². The molecule has 2 aliphatic rings. The number of hydrogen-bond acceptors (Lipinski definition) is 7. The van der Waals surface area contributed by atoms with Crippen molar-refractivity contribution in [3.8, 4) is 0 Å². The maximum atomic E-state index is 13.2. The number of hydrogen-bond donors (Lipinski definition) is 1. The molecule has 0 radical (unpaired) electrons. The largest absolute Gasteiger partial charge is 0.478 e. The van der Waals surface area contributed by atoms with E-state index in [-0.39, 0.29) is 48.5 Å². The third kappa shape index (κ3) is 6.12. The molecular formula is C24H33N3O7. The number of nitrogens with zero attached hydrogens (tertiary/aromatic N) is 3. The zero-order chi connectivity index (χ0) is 24.8. The summed E-state index contributed by atoms with van der Waals surface area (Å²) in [5.41, 5.74) is 0.982. The van der Waals surface area contributed by atoms with Gasteiger partial charge in [-0.3, -0.25) is 24.2 Å². The number of likely N-dealkylation sites (tertiary alicyclic amines) is 1. The van der Waals surface area contributed by atoms with Crippen LogP contribution < -0.4 is 9.80 Å². The number of piperidine rings is 1. The molecule has 3 rings (SSSR count). The van der Waals surface area contributed by atoms with Gasteiger partial charge in [-0.25, -0.2) is 4.79 Å². The van der Waals surface area contributed by atoms with Gasteiger partial charge in [-0.1, -0.05) is 0 Å². The molecule has 0 aliphatic carbocycles. The summed E-state index contributed by atoms with van der Waals surface area (Å²) in [5, 5.41) is 9.46. The van der Waals surface area contributed by atoms with Gasteiger partial charge >= 0.3 is 11.9 Å². The maximum absolute atomic E-state index is 13.2. The average molecular weight is 476 g/mol. The molecule has 10 nitrogen and oxygen atoms in total. The van der Waals surface area contributed by atoms with Crippen LogP contribution in [0.25, 0.3) is 0 Å². The molecule has 0 saturated carbocycles. The van der Waals surface area contributed by atoms with Gasteiger partial charge in [-0.05, 0) is 64.4 Å². The fraction of sp³-hybridized carbons (Fsp3) is 0.583. The minimum Gasteiger partial charge on any atom is -0.478 e. The van der Waals surface area contributed by atoms with Crippen molar-refractivity contribution < 1.29 is 33.8 Å². The summed E-state index contributed by atoms with van der Waals surface area (Å²) in [6.07, 6.45) is 1.91. The van der Waals surface area contributed by atoms with Crippen molar-refractivity contribution in [3.63, 3.8) is 0 Å². The Balaban J connectivity index is 1.74. The second-order valence-corrected chi connectivity index (χ2v) is 8.88. The van der Waals surface area contributed by atoms with Gasteiger partial charge in [0.2, 0.25) is 11.8 Å². The molecule has 1 aromatic carbocycles. The Hall–Kier alpha value is -2.98. The molecule has 10 heteroatoms. The van der Waals surface area contributed by atoms with E-state index in [0.717, 1.165) is 0 Å². The first kappa shape index (κ1) is 25.6. The molecule has 2 amide bonds. The van der Waals surface area contributed by atoms with Crippen LogP contribution in [0, 0.1) is 5.92 Å². The first-order valence-electron chi connectivity index (χ1n) is 11.6. The monoisotopic (exact) mass is 475 g/mol. The summed E-state index contributed by atoms with van der Waals surface area (Å²) in [6, 6.07) is 4.47. The molecule has 0 atom stereocenters. The summed E-state index contributed by atoms with van der Waals surface area (Å²) >= 11 is 0. The minimum atomic E-state index is -1.10. The van der Waals surface area contributed by atoms with Crippen molar-refractivity contribution in [3.05, 3.63) is 23.8 Å². The minimum absolute atomic E-state index is 0.0490. The number of methoxy groups -OCH3 is 1. The van der Waals surface area contributed by atoms with E-state index in [1.807, 2.05) is 18.7 Å². The molecule has 1 saturated heterocycles. The van der Waals surface area contributed by atoms with Gasteiger partial charge in [0.15, 0.2) is 0 Å². The number of fused-ring (bicyclic) bond motifs is 1. The van der Waals surface area contributed by atoms with Crippen LogP contribution in [0.4, 0.5) is 11.4 Å². The Morgan fingerprint density at radius 2 is 1.85 bits per heavy atom. The van der Waals surface area contributed by atoms with Crippen LogP contribution in [-0.4, -0.2) is 86.3 Å². The molecule has 2 aliphatic heterocycles. The highest BCUT2D eigenvalue weighted by molar-refractivity contribution is 6.12. The zero-order valence-corrected chi connectivity index (χ0v) is 20.0. The van der Waals surface area contributed by atoms with Crippen molar-refractivity contribution in [1.82, 2.24) is 4.90 Å². The number of carboxylic acids is 1. The number of aromatic carboxylic acids is 1. The summed E-state index contributed by atoms with van der Waals surface area (Å²) < 4.78 is 10.4. The SMILES string of the molecule is COC(=O)C1CCN(CC(=O)N2CC(=O)N(CCCOC(C)C)c3ccc(C(=O)O)cc32)CC1. The van der Waals surface area contributed by atoms with Gasteiger partial charge in [-0.2, -0.15) is 0 Å². The van der Waals surface area contributed by atoms with Crippen LogP contribution in [0.3, 0.4) is 0 Å². The van der Waals surface area contributed by atoms with E-state index < -0.39 is 5.97 Å². The van der Waals surface area contributed by atoms with E-state index in [0.29, 0.717) is 56.9 Å². The Morgan fingerprint density at radius 3 is 2.47 bits per heavy atom. The molecule has 0 spiro atoms. The highest BCUT2D eigenvalue weighted by Gasteiger charge is 2.34. The molecule has 0 bridgehead atoms. The van der Waals surface area contributed by atoms with Crippen LogP contribution in [0.1, 0.15) is 43.5 Å². The number of carbonyl (C=O) groups excluding carboxylic acids is 3. The number of benzene rings is 1. The van der Waals surface area contributed by atoms with Crippen LogP contribution in [0.2, 0.25) is 0 Å². The summed E-state index contributed by atoms with van der Waals surface area (Å²) in [6.45, 7) is 5.85. The van der Waals surface area contributed by atoms with Crippen molar-refractivity contribution >= 4 is 35.1 Å². The lowest BCUT2D eigenvalue weighted by atomic mass is 9.97. The van der Waals surface area contributed by atoms with Crippen LogP contribution >= 0.6 is 0 Å². The summed E-state index contributed by atoms with van der Waals surface area (Å²) in [5.74, 6) is -2.01. The highest BCUT2D eigenvalue weighted by atomic mass is 16.5. The molecule has 1 aromatic rings. The average Bonchev–Trinajstić information content (AvgIpc) is 2.81. The smallest absolute Gasteiger partial charge is 0.335 e.